The molecule has 1 heterocycles. The van der Waals surface area contributed by atoms with Crippen molar-refractivity contribution in [2.75, 3.05) is 5.32 Å². The van der Waals surface area contributed by atoms with Crippen LogP contribution in [0.15, 0.2) is 41.0 Å². The number of hydrogen-bond acceptors (Lipinski definition) is 1. The molecule has 1 N–H and O–H groups in total. The molecule has 0 aliphatic rings. The Hall–Kier alpha value is -1.22. The van der Waals surface area contributed by atoms with Crippen molar-refractivity contribution < 1.29 is 0 Å². The van der Waals surface area contributed by atoms with Gasteiger partial charge in [-0.15, -0.1) is 0 Å². The average Bonchev–Trinajstić information content (AvgIpc) is 2.66. The Balaban J connectivity index is 2.05. The van der Waals surface area contributed by atoms with Gasteiger partial charge in [-0.2, -0.15) is 0 Å². The molecule has 0 saturated heterocycles. The van der Waals surface area contributed by atoms with Crippen molar-refractivity contribution in [1.82, 2.24) is 4.57 Å². The maximum absolute atomic E-state index is 3.50. The second-order valence-electron chi connectivity index (χ2n) is 3.93. The fraction of sp³-hybridized carbons (Fsp3) is 0.231. The van der Waals surface area contributed by atoms with Gasteiger partial charge in [-0.05, 0) is 42.8 Å². The molecule has 0 aliphatic carbocycles. The van der Waals surface area contributed by atoms with E-state index in [0.717, 1.165) is 16.7 Å². The molecule has 84 valence electrons. The second-order valence-corrected chi connectivity index (χ2v) is 4.78. The summed E-state index contributed by atoms with van der Waals surface area (Å²) in [6, 6.07) is 10.5. The number of hydrogen-bond donors (Lipinski definition) is 1. The third-order valence-electron chi connectivity index (χ3n) is 2.68. The summed E-state index contributed by atoms with van der Waals surface area (Å²) in [6.07, 6.45) is 2.06. The van der Waals surface area contributed by atoms with E-state index in [1.165, 1.54) is 11.3 Å². The van der Waals surface area contributed by atoms with Gasteiger partial charge in [0, 0.05) is 29.1 Å². The van der Waals surface area contributed by atoms with E-state index in [4.69, 9.17) is 0 Å². The van der Waals surface area contributed by atoms with Gasteiger partial charge in [-0.1, -0.05) is 15.9 Å². The lowest BCUT2D eigenvalue weighted by molar-refractivity contribution is 0.842. The summed E-state index contributed by atoms with van der Waals surface area (Å²) in [6.45, 7) is 2.95. The molecule has 1 aromatic carbocycles. The van der Waals surface area contributed by atoms with Crippen LogP contribution in [0.3, 0.4) is 0 Å². The number of anilines is 1. The van der Waals surface area contributed by atoms with Crippen molar-refractivity contribution in [3.8, 4) is 0 Å². The van der Waals surface area contributed by atoms with Gasteiger partial charge >= 0.3 is 0 Å². The molecule has 2 aromatic rings. The molecule has 0 atom stereocenters. The van der Waals surface area contributed by atoms with E-state index in [0.29, 0.717) is 0 Å². The SMILES string of the molecule is Cc1cc(NCc2cccn2C)ccc1Br. The lowest BCUT2D eigenvalue weighted by Gasteiger charge is -2.09. The van der Waals surface area contributed by atoms with Crippen molar-refractivity contribution in [3.63, 3.8) is 0 Å². The van der Waals surface area contributed by atoms with E-state index in [-0.39, 0.29) is 0 Å². The molecule has 0 fully saturated rings. The summed E-state index contributed by atoms with van der Waals surface area (Å²) >= 11 is 3.50. The molecule has 16 heavy (non-hydrogen) atoms. The Bertz CT molecular complexity index is 488. The number of benzene rings is 1. The average molecular weight is 279 g/mol. The maximum atomic E-state index is 3.50. The summed E-state index contributed by atoms with van der Waals surface area (Å²) in [5.41, 5.74) is 3.68. The van der Waals surface area contributed by atoms with Crippen molar-refractivity contribution in [2.24, 2.45) is 7.05 Å². The first kappa shape index (κ1) is 11.3. The highest BCUT2D eigenvalue weighted by molar-refractivity contribution is 9.10. The summed E-state index contributed by atoms with van der Waals surface area (Å²) in [4.78, 5) is 0. The van der Waals surface area contributed by atoms with Crippen LogP contribution in [0.1, 0.15) is 11.3 Å². The van der Waals surface area contributed by atoms with Crippen LogP contribution in [-0.2, 0) is 13.6 Å². The normalized spacial score (nSPS) is 10.4. The number of nitrogens with zero attached hydrogens (tertiary/aromatic N) is 1. The van der Waals surface area contributed by atoms with Gasteiger partial charge < -0.3 is 9.88 Å². The molecule has 0 aliphatic heterocycles. The molecule has 2 nitrogen and oxygen atoms in total. The Labute approximate surface area is 104 Å². The molecule has 0 radical (unpaired) electrons. The zero-order chi connectivity index (χ0) is 11.5. The highest BCUT2D eigenvalue weighted by Crippen LogP contribution is 2.20. The quantitative estimate of drug-likeness (QED) is 0.906. The number of aryl methyl sites for hydroxylation is 2. The van der Waals surface area contributed by atoms with Gasteiger partial charge in [0.2, 0.25) is 0 Å². The smallest absolute Gasteiger partial charge is 0.0553 e. The summed E-state index contributed by atoms with van der Waals surface area (Å²) in [7, 11) is 2.06. The third-order valence-corrected chi connectivity index (χ3v) is 3.57. The van der Waals surface area contributed by atoms with Crippen LogP contribution >= 0.6 is 15.9 Å². The fourth-order valence-electron chi connectivity index (χ4n) is 1.63. The molecular weight excluding hydrogens is 264 g/mol. The first-order valence-electron chi connectivity index (χ1n) is 5.27. The highest BCUT2D eigenvalue weighted by Gasteiger charge is 1.99. The number of halogens is 1. The summed E-state index contributed by atoms with van der Waals surface area (Å²) in [5.74, 6) is 0. The molecule has 0 amide bonds. The van der Waals surface area contributed by atoms with E-state index in [1.54, 1.807) is 0 Å². The zero-order valence-corrected chi connectivity index (χ0v) is 11.1. The maximum Gasteiger partial charge on any atom is 0.0553 e. The minimum atomic E-state index is 0.852. The zero-order valence-electron chi connectivity index (χ0n) is 9.50. The molecule has 0 unspecified atom stereocenters. The first-order chi connectivity index (χ1) is 7.66. The van der Waals surface area contributed by atoms with Gasteiger partial charge in [0.25, 0.3) is 0 Å². The highest BCUT2D eigenvalue weighted by atomic mass is 79.9. The number of aromatic nitrogens is 1. The monoisotopic (exact) mass is 278 g/mol. The molecule has 1 aromatic heterocycles. The van der Waals surface area contributed by atoms with Crippen LogP contribution in [0.25, 0.3) is 0 Å². The van der Waals surface area contributed by atoms with Crippen LogP contribution in [0.5, 0.6) is 0 Å². The van der Waals surface area contributed by atoms with Gasteiger partial charge in [-0.3, -0.25) is 0 Å². The summed E-state index contributed by atoms with van der Waals surface area (Å²) in [5, 5.41) is 3.41. The molecular formula is C13H15BrN2. The lowest BCUT2D eigenvalue weighted by atomic mass is 10.2. The predicted molar refractivity (Wildman–Crippen MR) is 71.6 cm³/mol. The second kappa shape index (κ2) is 4.74. The van der Waals surface area contributed by atoms with Gasteiger partial charge in [0.05, 0.1) is 6.54 Å². The molecule has 0 bridgehead atoms. The largest absolute Gasteiger partial charge is 0.379 e. The van der Waals surface area contributed by atoms with E-state index in [9.17, 15) is 0 Å². The van der Waals surface area contributed by atoms with Crippen molar-refractivity contribution in [2.45, 2.75) is 13.5 Å². The van der Waals surface area contributed by atoms with E-state index >= 15 is 0 Å². The van der Waals surface area contributed by atoms with Gasteiger partial charge in [-0.25, -0.2) is 0 Å². The Morgan fingerprint density at radius 1 is 1.31 bits per heavy atom. The number of rotatable bonds is 3. The Morgan fingerprint density at radius 3 is 2.75 bits per heavy atom. The lowest BCUT2D eigenvalue weighted by Crippen LogP contribution is -2.03. The van der Waals surface area contributed by atoms with E-state index in [1.807, 2.05) is 0 Å². The Morgan fingerprint density at radius 2 is 2.12 bits per heavy atom. The molecule has 0 spiro atoms. The van der Waals surface area contributed by atoms with Crippen molar-refractivity contribution in [1.29, 1.82) is 0 Å². The van der Waals surface area contributed by atoms with Crippen molar-refractivity contribution in [3.05, 3.63) is 52.3 Å². The standard InChI is InChI=1S/C13H15BrN2/c1-10-8-11(5-6-13(10)14)15-9-12-4-3-7-16(12)2/h3-8,15H,9H2,1-2H3. The van der Waals surface area contributed by atoms with Gasteiger partial charge in [0.15, 0.2) is 0 Å². The minimum Gasteiger partial charge on any atom is -0.379 e. The summed E-state index contributed by atoms with van der Waals surface area (Å²) < 4.78 is 3.27. The van der Waals surface area contributed by atoms with Crippen LogP contribution in [0, 0.1) is 6.92 Å². The third kappa shape index (κ3) is 2.47. The van der Waals surface area contributed by atoms with Gasteiger partial charge in [0.1, 0.15) is 0 Å². The number of nitrogens with one attached hydrogen (secondary N) is 1. The minimum absolute atomic E-state index is 0.852. The van der Waals surface area contributed by atoms with Crippen LogP contribution in [0.4, 0.5) is 5.69 Å². The molecule has 0 saturated carbocycles. The van der Waals surface area contributed by atoms with Crippen LogP contribution in [-0.4, -0.2) is 4.57 Å². The van der Waals surface area contributed by atoms with E-state index < -0.39 is 0 Å². The van der Waals surface area contributed by atoms with Crippen LogP contribution in [0.2, 0.25) is 0 Å². The fourth-order valence-corrected chi connectivity index (χ4v) is 1.87. The van der Waals surface area contributed by atoms with Crippen LogP contribution < -0.4 is 5.32 Å². The van der Waals surface area contributed by atoms with Crippen molar-refractivity contribution >= 4 is 21.6 Å². The predicted octanol–water partition coefficient (Wildman–Crippen LogP) is 3.71. The molecule has 2 rings (SSSR count). The first-order valence-corrected chi connectivity index (χ1v) is 6.06. The molecule has 3 heteroatoms. The Kier molecular flexibility index (Phi) is 3.34. The van der Waals surface area contributed by atoms with E-state index in [2.05, 4.69) is 76.3 Å². The topological polar surface area (TPSA) is 17.0 Å².